The minimum absolute atomic E-state index is 0.216. The molecule has 2 aliphatic rings. The molecule has 0 spiro atoms. The van der Waals surface area contributed by atoms with Gasteiger partial charge in [0.2, 0.25) is 0 Å². The Morgan fingerprint density at radius 2 is 1.85 bits per heavy atom. The minimum Gasteiger partial charge on any atom is -0.421 e. The molecule has 1 atom stereocenters. The Labute approximate surface area is 161 Å². The van der Waals surface area contributed by atoms with Crippen molar-refractivity contribution in [3.63, 3.8) is 0 Å². The fraction of sp³-hybridized carbons (Fsp3) is 0.190. The summed E-state index contributed by atoms with van der Waals surface area (Å²) in [6.45, 7) is 0.242. The van der Waals surface area contributed by atoms with Crippen molar-refractivity contribution in [1.29, 1.82) is 0 Å². The summed E-state index contributed by atoms with van der Waals surface area (Å²) in [6, 6.07) is 16.9. The molecule has 138 valence electrons. The van der Waals surface area contributed by atoms with Crippen LogP contribution in [-0.2, 0) is 31.5 Å². The molecule has 27 heavy (non-hydrogen) atoms. The highest BCUT2D eigenvalue weighted by Gasteiger charge is 2.49. The Kier molecular flexibility index (Phi) is 4.78. The van der Waals surface area contributed by atoms with Crippen LogP contribution in [0.4, 0.5) is 0 Å². The molecule has 1 N–H and O–H groups in total. The molecule has 0 fully saturated rings. The SMILES string of the molecule is CSc1ccc(C2(O)OC(=O)C(C3=CCOO3)=C2Cc2ccccc2)cc1. The Bertz CT molecular complexity index is 917. The third kappa shape index (κ3) is 3.27. The molecule has 1 unspecified atom stereocenters. The molecule has 0 aliphatic carbocycles. The van der Waals surface area contributed by atoms with Crippen LogP contribution in [0.1, 0.15) is 11.1 Å². The summed E-state index contributed by atoms with van der Waals surface area (Å²) < 4.78 is 5.48. The monoisotopic (exact) mass is 382 g/mol. The average molecular weight is 382 g/mol. The van der Waals surface area contributed by atoms with Gasteiger partial charge >= 0.3 is 5.97 Å². The molecule has 0 saturated carbocycles. The van der Waals surface area contributed by atoms with E-state index in [1.165, 1.54) is 0 Å². The van der Waals surface area contributed by atoms with Crippen molar-refractivity contribution in [3.05, 3.63) is 88.7 Å². The van der Waals surface area contributed by atoms with E-state index in [4.69, 9.17) is 14.5 Å². The number of hydrogen-bond donors (Lipinski definition) is 1. The zero-order chi connectivity index (χ0) is 18.9. The summed E-state index contributed by atoms with van der Waals surface area (Å²) in [5.74, 6) is -2.21. The lowest BCUT2D eigenvalue weighted by molar-refractivity contribution is -0.231. The fourth-order valence-electron chi connectivity index (χ4n) is 3.23. The summed E-state index contributed by atoms with van der Waals surface area (Å²) in [4.78, 5) is 23.7. The number of carbonyl (C=O) groups excluding carboxylic acids is 1. The Morgan fingerprint density at radius 3 is 2.48 bits per heavy atom. The summed E-state index contributed by atoms with van der Waals surface area (Å²) in [7, 11) is 0. The first kappa shape index (κ1) is 17.9. The molecule has 2 aromatic rings. The number of thioether (sulfide) groups is 1. The molecular formula is C21H18O5S. The van der Waals surface area contributed by atoms with Gasteiger partial charge in [-0.05, 0) is 30.0 Å². The Balaban J connectivity index is 1.83. The van der Waals surface area contributed by atoms with Crippen molar-refractivity contribution in [2.75, 3.05) is 12.9 Å². The van der Waals surface area contributed by atoms with E-state index >= 15 is 0 Å². The van der Waals surface area contributed by atoms with E-state index in [1.54, 1.807) is 30.0 Å². The summed E-state index contributed by atoms with van der Waals surface area (Å²) in [6.07, 6.45) is 3.97. The molecule has 6 heteroatoms. The lowest BCUT2D eigenvalue weighted by Gasteiger charge is -2.25. The maximum absolute atomic E-state index is 12.7. The van der Waals surface area contributed by atoms with E-state index in [2.05, 4.69) is 0 Å². The van der Waals surface area contributed by atoms with Gasteiger partial charge in [-0.1, -0.05) is 42.5 Å². The fourth-order valence-corrected chi connectivity index (χ4v) is 3.64. The molecule has 2 aliphatic heterocycles. The van der Waals surface area contributed by atoms with E-state index in [0.717, 1.165) is 10.5 Å². The highest BCUT2D eigenvalue weighted by atomic mass is 32.2. The van der Waals surface area contributed by atoms with Gasteiger partial charge in [-0.15, -0.1) is 11.8 Å². The number of esters is 1. The van der Waals surface area contributed by atoms with Crippen LogP contribution in [0.5, 0.6) is 0 Å². The predicted molar refractivity (Wildman–Crippen MR) is 101 cm³/mol. The first-order valence-electron chi connectivity index (χ1n) is 8.49. The molecule has 4 rings (SSSR count). The second-order valence-electron chi connectivity index (χ2n) is 6.21. The van der Waals surface area contributed by atoms with Gasteiger partial charge in [0.25, 0.3) is 5.79 Å². The third-order valence-corrected chi connectivity index (χ3v) is 5.34. The van der Waals surface area contributed by atoms with Crippen molar-refractivity contribution in [2.24, 2.45) is 0 Å². The first-order chi connectivity index (χ1) is 13.1. The van der Waals surface area contributed by atoms with E-state index in [9.17, 15) is 9.90 Å². The van der Waals surface area contributed by atoms with Crippen molar-refractivity contribution in [1.82, 2.24) is 0 Å². The molecule has 2 aromatic carbocycles. The summed E-state index contributed by atoms with van der Waals surface area (Å²) in [5.41, 5.74) is 2.09. The quantitative estimate of drug-likeness (QED) is 0.485. The highest BCUT2D eigenvalue weighted by Crippen LogP contribution is 2.44. The van der Waals surface area contributed by atoms with Crippen LogP contribution in [0.3, 0.4) is 0 Å². The van der Waals surface area contributed by atoms with Crippen LogP contribution in [-0.4, -0.2) is 23.9 Å². The maximum Gasteiger partial charge on any atom is 0.345 e. The van der Waals surface area contributed by atoms with Gasteiger partial charge in [0, 0.05) is 22.5 Å². The third-order valence-electron chi connectivity index (χ3n) is 4.59. The van der Waals surface area contributed by atoms with Gasteiger partial charge in [-0.3, -0.25) is 0 Å². The number of ether oxygens (including phenoxy) is 1. The standard InChI is InChI=1S/C21H18O5S/c1-27-16-9-7-15(8-10-16)21(23)17(13-14-5-3-2-4-6-14)19(20(22)25-21)18-11-12-24-26-18/h2-11,23H,12-13H2,1H3. The van der Waals surface area contributed by atoms with Crippen molar-refractivity contribution >= 4 is 17.7 Å². The molecule has 0 bridgehead atoms. The smallest absolute Gasteiger partial charge is 0.345 e. The zero-order valence-corrected chi connectivity index (χ0v) is 15.5. The second-order valence-corrected chi connectivity index (χ2v) is 7.09. The first-order valence-corrected chi connectivity index (χ1v) is 9.72. The predicted octanol–water partition coefficient (Wildman–Crippen LogP) is 3.50. The van der Waals surface area contributed by atoms with Gasteiger partial charge in [0.05, 0.1) is 0 Å². The van der Waals surface area contributed by atoms with Crippen LogP contribution in [0, 0.1) is 0 Å². The lowest BCUT2D eigenvalue weighted by atomic mass is 9.89. The van der Waals surface area contributed by atoms with Crippen LogP contribution in [0.25, 0.3) is 0 Å². The van der Waals surface area contributed by atoms with Gasteiger partial charge < -0.3 is 14.7 Å². The van der Waals surface area contributed by atoms with Crippen LogP contribution >= 0.6 is 11.8 Å². The van der Waals surface area contributed by atoms with Crippen LogP contribution < -0.4 is 0 Å². The van der Waals surface area contributed by atoms with E-state index < -0.39 is 11.8 Å². The van der Waals surface area contributed by atoms with Gasteiger partial charge in [0.1, 0.15) is 12.2 Å². The summed E-state index contributed by atoms with van der Waals surface area (Å²) >= 11 is 1.60. The van der Waals surface area contributed by atoms with Crippen molar-refractivity contribution < 1.29 is 24.4 Å². The number of rotatable bonds is 5. The lowest BCUT2D eigenvalue weighted by Crippen LogP contribution is -2.29. The second kappa shape index (κ2) is 7.23. The number of carbonyl (C=O) groups is 1. The number of benzene rings is 2. The molecule has 0 radical (unpaired) electrons. The van der Waals surface area contributed by atoms with E-state index in [1.807, 2.05) is 48.7 Å². The van der Waals surface area contributed by atoms with E-state index in [-0.39, 0.29) is 17.9 Å². The maximum atomic E-state index is 12.7. The minimum atomic E-state index is -1.86. The van der Waals surface area contributed by atoms with E-state index in [0.29, 0.717) is 17.6 Å². The topological polar surface area (TPSA) is 65.0 Å². The average Bonchev–Trinajstić information content (AvgIpc) is 3.30. The number of cyclic esters (lactones) is 1. The number of hydrogen-bond acceptors (Lipinski definition) is 6. The Morgan fingerprint density at radius 1 is 1.11 bits per heavy atom. The van der Waals surface area contributed by atoms with Gasteiger partial charge in [-0.25, -0.2) is 4.79 Å². The highest BCUT2D eigenvalue weighted by molar-refractivity contribution is 7.98. The largest absolute Gasteiger partial charge is 0.421 e. The van der Waals surface area contributed by atoms with Crippen LogP contribution in [0.2, 0.25) is 0 Å². The molecule has 0 amide bonds. The van der Waals surface area contributed by atoms with Crippen molar-refractivity contribution in [3.8, 4) is 0 Å². The molecule has 2 heterocycles. The summed E-state index contributed by atoms with van der Waals surface area (Å²) in [5, 5.41) is 11.4. The molecular weight excluding hydrogens is 364 g/mol. The molecule has 0 aromatic heterocycles. The Hall–Kier alpha value is -2.54. The van der Waals surface area contributed by atoms with Crippen LogP contribution in [0.15, 0.2) is 82.5 Å². The molecule has 0 saturated heterocycles. The zero-order valence-electron chi connectivity index (χ0n) is 14.7. The van der Waals surface area contributed by atoms with Crippen molar-refractivity contribution in [2.45, 2.75) is 17.1 Å². The number of aliphatic hydroxyl groups is 1. The van der Waals surface area contributed by atoms with Gasteiger partial charge in [-0.2, -0.15) is 4.89 Å². The molecule has 5 nitrogen and oxygen atoms in total. The van der Waals surface area contributed by atoms with Gasteiger partial charge in [0.15, 0.2) is 5.76 Å². The normalized spacial score (nSPS) is 21.9.